The summed E-state index contributed by atoms with van der Waals surface area (Å²) >= 11 is 0. The van der Waals surface area contributed by atoms with Gasteiger partial charge in [-0.05, 0) is 32.6 Å². The van der Waals surface area contributed by atoms with Gasteiger partial charge in [0, 0.05) is 25.9 Å². The Kier molecular flexibility index (Phi) is 4.85. The normalized spacial score (nSPS) is 19.5. The number of aromatic nitrogens is 2. The molecule has 104 valence electrons. The van der Waals surface area contributed by atoms with Crippen LogP contribution in [0.5, 0.6) is 0 Å². The van der Waals surface area contributed by atoms with Gasteiger partial charge < -0.3 is 9.64 Å². The first-order valence-corrected chi connectivity index (χ1v) is 6.86. The standard InChI is InChI=1S/C14H21N3O2/c1-3-19-10-12-5-4-6-17(9-12)14(18)13-8-15-11(2)7-16-13/h7-8,12H,3-6,9-10H2,1-2H3/t12-/m0/s1. The summed E-state index contributed by atoms with van der Waals surface area (Å²) in [5.74, 6) is 0.421. The number of carbonyl (C=O) groups is 1. The second kappa shape index (κ2) is 6.61. The molecule has 1 saturated heterocycles. The van der Waals surface area contributed by atoms with Gasteiger partial charge in [-0.25, -0.2) is 4.98 Å². The van der Waals surface area contributed by atoms with Gasteiger partial charge in [-0.15, -0.1) is 0 Å². The molecule has 5 nitrogen and oxygen atoms in total. The average molecular weight is 263 g/mol. The lowest BCUT2D eigenvalue weighted by atomic mass is 9.99. The highest BCUT2D eigenvalue weighted by atomic mass is 16.5. The third kappa shape index (κ3) is 3.73. The lowest BCUT2D eigenvalue weighted by Gasteiger charge is -2.32. The predicted molar refractivity (Wildman–Crippen MR) is 71.9 cm³/mol. The molecule has 1 amide bonds. The predicted octanol–water partition coefficient (Wildman–Crippen LogP) is 1.67. The lowest BCUT2D eigenvalue weighted by Crippen LogP contribution is -2.41. The van der Waals surface area contributed by atoms with E-state index < -0.39 is 0 Å². The van der Waals surface area contributed by atoms with E-state index in [4.69, 9.17) is 4.74 Å². The lowest BCUT2D eigenvalue weighted by molar-refractivity contribution is 0.0496. The molecule has 0 unspecified atom stereocenters. The van der Waals surface area contributed by atoms with Crippen molar-refractivity contribution in [3.63, 3.8) is 0 Å². The molecule has 1 aliphatic rings. The van der Waals surface area contributed by atoms with E-state index in [0.29, 0.717) is 11.6 Å². The third-order valence-corrected chi connectivity index (χ3v) is 3.36. The summed E-state index contributed by atoms with van der Waals surface area (Å²) in [6.45, 7) is 6.88. The zero-order valence-electron chi connectivity index (χ0n) is 11.6. The highest BCUT2D eigenvalue weighted by Crippen LogP contribution is 2.18. The average Bonchev–Trinajstić information content (AvgIpc) is 2.45. The Labute approximate surface area is 114 Å². The van der Waals surface area contributed by atoms with Crippen molar-refractivity contribution >= 4 is 5.91 Å². The summed E-state index contributed by atoms with van der Waals surface area (Å²) < 4.78 is 5.46. The molecule has 19 heavy (non-hydrogen) atoms. The summed E-state index contributed by atoms with van der Waals surface area (Å²) in [6, 6.07) is 0. The van der Waals surface area contributed by atoms with E-state index in [1.165, 1.54) is 0 Å². The van der Waals surface area contributed by atoms with E-state index in [-0.39, 0.29) is 5.91 Å². The molecule has 1 aromatic heterocycles. The number of hydrogen-bond acceptors (Lipinski definition) is 4. The number of likely N-dealkylation sites (tertiary alicyclic amines) is 1. The Hall–Kier alpha value is -1.49. The van der Waals surface area contributed by atoms with E-state index in [1.807, 2.05) is 18.7 Å². The Morgan fingerprint density at radius 1 is 1.47 bits per heavy atom. The number of aryl methyl sites for hydroxylation is 1. The molecule has 0 saturated carbocycles. The number of piperidine rings is 1. The Morgan fingerprint density at radius 2 is 2.32 bits per heavy atom. The summed E-state index contributed by atoms with van der Waals surface area (Å²) in [7, 11) is 0. The highest BCUT2D eigenvalue weighted by Gasteiger charge is 2.25. The topological polar surface area (TPSA) is 55.3 Å². The smallest absolute Gasteiger partial charge is 0.274 e. The highest BCUT2D eigenvalue weighted by molar-refractivity contribution is 5.92. The molecule has 0 spiro atoms. The van der Waals surface area contributed by atoms with E-state index in [0.717, 1.165) is 44.8 Å². The summed E-state index contributed by atoms with van der Waals surface area (Å²) in [6.07, 6.45) is 5.35. The van der Waals surface area contributed by atoms with Crippen LogP contribution in [-0.4, -0.2) is 47.1 Å². The fourth-order valence-electron chi connectivity index (χ4n) is 2.34. The van der Waals surface area contributed by atoms with Gasteiger partial charge >= 0.3 is 0 Å². The van der Waals surface area contributed by atoms with Crippen LogP contribution < -0.4 is 0 Å². The summed E-state index contributed by atoms with van der Waals surface area (Å²) in [5.41, 5.74) is 1.26. The zero-order chi connectivity index (χ0) is 13.7. The van der Waals surface area contributed by atoms with Crippen molar-refractivity contribution in [1.82, 2.24) is 14.9 Å². The van der Waals surface area contributed by atoms with E-state index in [1.54, 1.807) is 12.4 Å². The van der Waals surface area contributed by atoms with E-state index in [2.05, 4.69) is 9.97 Å². The van der Waals surface area contributed by atoms with Crippen LogP contribution >= 0.6 is 0 Å². The van der Waals surface area contributed by atoms with Crippen LogP contribution in [-0.2, 0) is 4.74 Å². The van der Waals surface area contributed by atoms with Crippen molar-refractivity contribution in [2.24, 2.45) is 5.92 Å². The molecule has 1 aromatic rings. The number of hydrogen-bond donors (Lipinski definition) is 0. The summed E-state index contributed by atoms with van der Waals surface area (Å²) in [4.78, 5) is 22.5. The van der Waals surface area contributed by atoms with Gasteiger partial charge in [-0.3, -0.25) is 9.78 Å². The van der Waals surface area contributed by atoms with Gasteiger partial charge in [0.15, 0.2) is 0 Å². The van der Waals surface area contributed by atoms with Crippen LogP contribution in [0, 0.1) is 12.8 Å². The maximum Gasteiger partial charge on any atom is 0.274 e. The molecule has 1 fully saturated rings. The first-order valence-electron chi connectivity index (χ1n) is 6.86. The van der Waals surface area contributed by atoms with Crippen molar-refractivity contribution in [1.29, 1.82) is 0 Å². The first kappa shape index (κ1) is 13.9. The fourth-order valence-corrected chi connectivity index (χ4v) is 2.34. The van der Waals surface area contributed by atoms with Crippen molar-refractivity contribution < 1.29 is 9.53 Å². The Bertz CT molecular complexity index is 419. The molecule has 0 aromatic carbocycles. The molecule has 1 atom stereocenters. The van der Waals surface area contributed by atoms with Crippen LogP contribution in [0.25, 0.3) is 0 Å². The monoisotopic (exact) mass is 263 g/mol. The Balaban J connectivity index is 1.96. The second-order valence-corrected chi connectivity index (χ2v) is 4.96. The molecule has 0 aliphatic carbocycles. The van der Waals surface area contributed by atoms with E-state index >= 15 is 0 Å². The number of ether oxygens (including phenoxy) is 1. The molecule has 5 heteroatoms. The van der Waals surface area contributed by atoms with Gasteiger partial charge in [-0.2, -0.15) is 0 Å². The van der Waals surface area contributed by atoms with Crippen molar-refractivity contribution in [3.05, 3.63) is 23.8 Å². The second-order valence-electron chi connectivity index (χ2n) is 4.96. The van der Waals surface area contributed by atoms with Crippen molar-refractivity contribution in [2.75, 3.05) is 26.3 Å². The SMILES string of the molecule is CCOC[C@H]1CCCN(C(=O)c2cnc(C)cn2)C1. The maximum absolute atomic E-state index is 12.3. The van der Waals surface area contributed by atoms with Gasteiger partial charge in [0.25, 0.3) is 5.91 Å². The number of amides is 1. The summed E-state index contributed by atoms with van der Waals surface area (Å²) in [5, 5.41) is 0. The number of rotatable bonds is 4. The van der Waals surface area contributed by atoms with Gasteiger partial charge in [0.05, 0.1) is 18.5 Å². The molecule has 2 heterocycles. The molecule has 0 radical (unpaired) electrons. The molecular formula is C14H21N3O2. The minimum absolute atomic E-state index is 0.0197. The first-order chi connectivity index (χ1) is 9.20. The zero-order valence-corrected chi connectivity index (χ0v) is 11.6. The number of carbonyl (C=O) groups excluding carboxylic acids is 1. The minimum Gasteiger partial charge on any atom is -0.381 e. The van der Waals surface area contributed by atoms with Crippen LogP contribution in [0.2, 0.25) is 0 Å². The largest absolute Gasteiger partial charge is 0.381 e. The van der Waals surface area contributed by atoms with Crippen LogP contribution in [0.15, 0.2) is 12.4 Å². The minimum atomic E-state index is -0.0197. The van der Waals surface area contributed by atoms with Gasteiger partial charge in [0.1, 0.15) is 5.69 Å². The van der Waals surface area contributed by atoms with Crippen LogP contribution in [0.3, 0.4) is 0 Å². The molecular weight excluding hydrogens is 242 g/mol. The molecule has 0 bridgehead atoms. The fraction of sp³-hybridized carbons (Fsp3) is 0.643. The van der Waals surface area contributed by atoms with Gasteiger partial charge in [0.2, 0.25) is 0 Å². The Morgan fingerprint density at radius 3 is 3.00 bits per heavy atom. The van der Waals surface area contributed by atoms with Crippen molar-refractivity contribution in [2.45, 2.75) is 26.7 Å². The molecule has 2 rings (SSSR count). The van der Waals surface area contributed by atoms with Gasteiger partial charge in [-0.1, -0.05) is 0 Å². The van der Waals surface area contributed by atoms with Crippen LogP contribution in [0.1, 0.15) is 35.9 Å². The van der Waals surface area contributed by atoms with Crippen LogP contribution in [0.4, 0.5) is 0 Å². The molecule has 0 N–H and O–H groups in total. The van der Waals surface area contributed by atoms with Crippen molar-refractivity contribution in [3.8, 4) is 0 Å². The quantitative estimate of drug-likeness (QED) is 0.829. The van der Waals surface area contributed by atoms with E-state index in [9.17, 15) is 4.79 Å². The number of nitrogens with zero attached hydrogens (tertiary/aromatic N) is 3. The third-order valence-electron chi connectivity index (χ3n) is 3.36. The molecule has 1 aliphatic heterocycles. The maximum atomic E-state index is 12.3.